The number of anilines is 1. The average Bonchev–Trinajstić information content (AvgIpc) is 2.87. The Balaban J connectivity index is 1.72. The molecular weight excluding hydrogens is 493 g/mol. The molecule has 7 nitrogen and oxygen atoms in total. The minimum absolute atomic E-state index is 0.0699. The Morgan fingerprint density at radius 2 is 1.68 bits per heavy atom. The number of amides is 2. The highest BCUT2D eigenvalue weighted by atomic mass is 32.2. The molecule has 2 aromatic rings. The predicted molar refractivity (Wildman–Crippen MR) is 144 cm³/mol. The van der Waals surface area contributed by atoms with E-state index >= 15 is 0 Å². The molecule has 0 aliphatic heterocycles. The van der Waals surface area contributed by atoms with E-state index in [9.17, 15) is 22.4 Å². The van der Waals surface area contributed by atoms with Gasteiger partial charge in [-0.3, -0.25) is 13.9 Å². The smallest absolute Gasteiger partial charge is 0.243 e. The number of nitrogens with one attached hydrogen (secondary N) is 1. The lowest BCUT2D eigenvalue weighted by atomic mass is 9.95. The fourth-order valence-electron chi connectivity index (χ4n) is 4.86. The van der Waals surface area contributed by atoms with E-state index in [1.54, 1.807) is 4.90 Å². The van der Waals surface area contributed by atoms with Crippen molar-refractivity contribution in [2.24, 2.45) is 0 Å². The SMILES string of the molecule is CC[C@H](C(=O)NC1CCCCC1)N(Cc1ccccc1)C(=O)CCCN(c1ccc(F)cc1)S(C)(=O)=O. The second kappa shape index (κ2) is 13.6. The minimum atomic E-state index is -3.63. The third-order valence-corrected chi connectivity index (χ3v) is 7.99. The molecule has 0 saturated heterocycles. The summed E-state index contributed by atoms with van der Waals surface area (Å²) >= 11 is 0. The summed E-state index contributed by atoms with van der Waals surface area (Å²) in [6.45, 7) is 2.26. The van der Waals surface area contributed by atoms with Crippen molar-refractivity contribution in [1.29, 1.82) is 0 Å². The average molecular weight is 532 g/mol. The zero-order valence-corrected chi connectivity index (χ0v) is 22.6. The van der Waals surface area contributed by atoms with Crippen molar-refractivity contribution in [1.82, 2.24) is 10.2 Å². The van der Waals surface area contributed by atoms with E-state index in [1.165, 1.54) is 35.0 Å². The summed E-state index contributed by atoms with van der Waals surface area (Å²) in [5.41, 5.74) is 1.26. The summed E-state index contributed by atoms with van der Waals surface area (Å²) in [7, 11) is -3.63. The normalized spacial score (nSPS) is 15.1. The number of carbonyl (C=O) groups excluding carboxylic acids is 2. The summed E-state index contributed by atoms with van der Waals surface area (Å²) in [5, 5.41) is 3.16. The lowest BCUT2D eigenvalue weighted by Crippen LogP contribution is -2.51. The molecule has 0 bridgehead atoms. The van der Waals surface area contributed by atoms with E-state index in [1.807, 2.05) is 37.3 Å². The van der Waals surface area contributed by atoms with Gasteiger partial charge in [0.2, 0.25) is 21.8 Å². The fraction of sp³-hybridized carbons (Fsp3) is 0.500. The van der Waals surface area contributed by atoms with Gasteiger partial charge in [-0.25, -0.2) is 12.8 Å². The molecule has 1 saturated carbocycles. The van der Waals surface area contributed by atoms with Gasteiger partial charge in [-0.15, -0.1) is 0 Å². The van der Waals surface area contributed by atoms with Gasteiger partial charge in [-0.1, -0.05) is 56.5 Å². The fourth-order valence-corrected chi connectivity index (χ4v) is 5.82. The topological polar surface area (TPSA) is 86.8 Å². The highest BCUT2D eigenvalue weighted by Crippen LogP contribution is 2.21. The van der Waals surface area contributed by atoms with Crippen LogP contribution in [0.2, 0.25) is 0 Å². The molecular formula is C28H38FN3O4S. The van der Waals surface area contributed by atoms with Gasteiger partial charge in [0, 0.05) is 25.6 Å². The number of sulfonamides is 1. The van der Waals surface area contributed by atoms with E-state index in [4.69, 9.17) is 0 Å². The van der Waals surface area contributed by atoms with Crippen molar-refractivity contribution in [3.8, 4) is 0 Å². The number of nitrogens with zero attached hydrogens (tertiary/aromatic N) is 2. The van der Waals surface area contributed by atoms with Crippen LogP contribution >= 0.6 is 0 Å². The van der Waals surface area contributed by atoms with E-state index in [0.29, 0.717) is 18.7 Å². The van der Waals surface area contributed by atoms with Crippen molar-refractivity contribution >= 4 is 27.5 Å². The Kier molecular flexibility index (Phi) is 10.5. The molecule has 202 valence electrons. The number of halogens is 1. The monoisotopic (exact) mass is 531 g/mol. The maximum absolute atomic E-state index is 13.5. The molecule has 0 spiro atoms. The van der Waals surface area contributed by atoms with Crippen LogP contribution in [0.4, 0.5) is 10.1 Å². The maximum atomic E-state index is 13.5. The van der Waals surface area contributed by atoms with Gasteiger partial charge < -0.3 is 10.2 Å². The molecule has 0 heterocycles. The van der Waals surface area contributed by atoms with Crippen LogP contribution in [0.3, 0.4) is 0 Å². The third-order valence-electron chi connectivity index (χ3n) is 6.80. The summed E-state index contributed by atoms with van der Waals surface area (Å²) in [5.74, 6) is -0.800. The summed E-state index contributed by atoms with van der Waals surface area (Å²) in [4.78, 5) is 28.4. The minimum Gasteiger partial charge on any atom is -0.352 e. The van der Waals surface area contributed by atoms with Crippen LogP contribution in [0.5, 0.6) is 0 Å². The van der Waals surface area contributed by atoms with E-state index < -0.39 is 21.9 Å². The molecule has 2 aromatic carbocycles. The zero-order valence-electron chi connectivity index (χ0n) is 21.7. The van der Waals surface area contributed by atoms with Crippen molar-refractivity contribution in [2.45, 2.75) is 76.9 Å². The summed E-state index contributed by atoms with van der Waals surface area (Å²) < 4.78 is 39.3. The molecule has 9 heteroatoms. The van der Waals surface area contributed by atoms with Crippen LogP contribution in [0, 0.1) is 5.82 Å². The first kappa shape index (κ1) is 28.6. The molecule has 0 aromatic heterocycles. The first-order chi connectivity index (χ1) is 17.7. The largest absolute Gasteiger partial charge is 0.352 e. The summed E-state index contributed by atoms with van der Waals surface area (Å²) in [6, 6.07) is 14.3. The zero-order chi connectivity index (χ0) is 26.8. The van der Waals surface area contributed by atoms with Crippen molar-refractivity contribution in [3.05, 3.63) is 66.0 Å². The van der Waals surface area contributed by atoms with Crippen LogP contribution in [0.1, 0.15) is 63.9 Å². The second-order valence-corrected chi connectivity index (χ2v) is 11.6. The van der Waals surface area contributed by atoms with Crippen molar-refractivity contribution < 1.29 is 22.4 Å². The quantitative estimate of drug-likeness (QED) is 0.433. The Morgan fingerprint density at radius 3 is 2.27 bits per heavy atom. The standard InChI is InChI=1S/C28H38FN3O4S/c1-3-26(28(34)30-24-13-8-5-9-14-24)31(21-22-11-6-4-7-12-22)27(33)15-10-20-32(37(2,35)36)25-18-16-23(29)17-19-25/h4,6-7,11-12,16-19,24,26H,3,5,8-10,13-15,20-21H2,1-2H3,(H,30,34)/t26-/m1/s1. The number of hydrogen-bond acceptors (Lipinski definition) is 4. The predicted octanol–water partition coefficient (Wildman–Crippen LogP) is 4.63. The Labute approximate surface area is 220 Å². The molecule has 0 unspecified atom stereocenters. The van der Waals surface area contributed by atoms with E-state index in [-0.39, 0.29) is 37.2 Å². The van der Waals surface area contributed by atoms with Gasteiger partial charge in [-0.05, 0) is 55.5 Å². The number of carbonyl (C=O) groups is 2. The highest BCUT2D eigenvalue weighted by Gasteiger charge is 2.30. The van der Waals surface area contributed by atoms with Crippen LogP contribution in [0.15, 0.2) is 54.6 Å². The van der Waals surface area contributed by atoms with Gasteiger partial charge in [0.05, 0.1) is 11.9 Å². The van der Waals surface area contributed by atoms with Crippen LogP contribution < -0.4 is 9.62 Å². The molecule has 3 rings (SSSR count). The number of rotatable bonds is 12. The van der Waals surface area contributed by atoms with Gasteiger partial charge >= 0.3 is 0 Å². The van der Waals surface area contributed by atoms with Crippen LogP contribution in [0.25, 0.3) is 0 Å². The van der Waals surface area contributed by atoms with Crippen molar-refractivity contribution in [2.75, 3.05) is 17.1 Å². The van der Waals surface area contributed by atoms with Gasteiger partial charge in [0.15, 0.2) is 0 Å². The molecule has 1 aliphatic carbocycles. The second-order valence-electron chi connectivity index (χ2n) is 9.69. The maximum Gasteiger partial charge on any atom is 0.243 e. The first-order valence-electron chi connectivity index (χ1n) is 13.1. The number of benzene rings is 2. The van der Waals surface area contributed by atoms with Gasteiger partial charge in [0.25, 0.3) is 0 Å². The Morgan fingerprint density at radius 1 is 1.03 bits per heavy atom. The molecule has 0 radical (unpaired) electrons. The molecule has 1 fully saturated rings. The molecule has 1 atom stereocenters. The lowest BCUT2D eigenvalue weighted by molar-refractivity contribution is -0.141. The van der Waals surface area contributed by atoms with E-state index in [0.717, 1.165) is 37.5 Å². The summed E-state index contributed by atoms with van der Waals surface area (Å²) in [6.07, 6.45) is 7.19. The van der Waals surface area contributed by atoms with Gasteiger partial charge in [-0.2, -0.15) is 0 Å². The van der Waals surface area contributed by atoms with Crippen LogP contribution in [-0.2, 0) is 26.2 Å². The molecule has 1 N–H and O–H groups in total. The third kappa shape index (κ3) is 8.55. The molecule has 1 aliphatic rings. The Bertz CT molecular complexity index is 1120. The Hall–Kier alpha value is -2.94. The van der Waals surface area contributed by atoms with E-state index in [2.05, 4.69) is 5.32 Å². The van der Waals surface area contributed by atoms with Gasteiger partial charge in [0.1, 0.15) is 11.9 Å². The highest BCUT2D eigenvalue weighted by molar-refractivity contribution is 7.92. The number of hydrogen-bond donors (Lipinski definition) is 1. The molecule has 2 amide bonds. The van der Waals surface area contributed by atoms with Crippen LogP contribution in [-0.4, -0.2) is 50.0 Å². The molecule has 37 heavy (non-hydrogen) atoms. The van der Waals surface area contributed by atoms with Crippen molar-refractivity contribution in [3.63, 3.8) is 0 Å². The first-order valence-corrected chi connectivity index (χ1v) is 14.9. The lowest BCUT2D eigenvalue weighted by Gasteiger charge is -2.33.